The van der Waals surface area contributed by atoms with Gasteiger partial charge in [-0.1, -0.05) is 18.2 Å². The zero-order valence-corrected chi connectivity index (χ0v) is 12.4. The third-order valence-corrected chi connectivity index (χ3v) is 3.90. The Kier molecular flexibility index (Phi) is 3.09. The Labute approximate surface area is 119 Å². The first-order valence-electron chi connectivity index (χ1n) is 7.08. The lowest BCUT2D eigenvalue weighted by molar-refractivity contribution is 0.0905. The fraction of sp³-hybridized carbons (Fsp3) is 0.412. The molecule has 20 heavy (non-hydrogen) atoms. The van der Waals surface area contributed by atoms with E-state index in [0.717, 1.165) is 17.3 Å². The Morgan fingerprint density at radius 1 is 1.15 bits per heavy atom. The highest BCUT2D eigenvalue weighted by Gasteiger charge is 2.41. The first-order valence-corrected chi connectivity index (χ1v) is 7.08. The molecule has 1 aliphatic heterocycles. The molecule has 3 heteroatoms. The average molecular weight is 271 g/mol. The number of ether oxygens (including phenoxy) is 1. The van der Waals surface area contributed by atoms with Crippen molar-refractivity contribution in [2.24, 2.45) is 0 Å². The van der Waals surface area contributed by atoms with Crippen LogP contribution in [-0.2, 0) is 0 Å². The molecule has 0 radical (unpaired) electrons. The summed E-state index contributed by atoms with van der Waals surface area (Å²) in [5, 5.41) is 3.64. The average Bonchev–Trinajstić information content (AvgIpc) is 2.92. The molecular weight excluding hydrogens is 250 g/mol. The van der Waals surface area contributed by atoms with E-state index in [1.165, 1.54) is 5.56 Å². The fourth-order valence-electron chi connectivity index (χ4n) is 2.84. The van der Waals surface area contributed by atoms with Crippen molar-refractivity contribution in [3.63, 3.8) is 0 Å². The molecule has 2 heterocycles. The van der Waals surface area contributed by atoms with E-state index in [1.54, 1.807) is 0 Å². The van der Waals surface area contributed by atoms with Gasteiger partial charge in [0.15, 0.2) is 0 Å². The highest BCUT2D eigenvalue weighted by atomic mass is 16.5. The lowest BCUT2D eigenvalue weighted by atomic mass is 9.93. The molecule has 3 nitrogen and oxygen atoms in total. The molecule has 1 N–H and O–H groups in total. The maximum absolute atomic E-state index is 6.06. The molecule has 2 aromatic rings. The second-order valence-corrected chi connectivity index (χ2v) is 6.01. The van der Waals surface area contributed by atoms with Gasteiger partial charge in [0.25, 0.3) is 0 Å². The van der Waals surface area contributed by atoms with E-state index in [0.29, 0.717) is 0 Å². The van der Waals surface area contributed by atoms with Crippen molar-refractivity contribution in [2.75, 3.05) is 0 Å². The molecule has 1 aromatic carbocycles. The van der Waals surface area contributed by atoms with Gasteiger partial charge in [0.05, 0.1) is 12.1 Å². The molecule has 0 saturated carbocycles. The molecule has 3 rings (SSSR count). The van der Waals surface area contributed by atoms with Gasteiger partial charge in [-0.25, -0.2) is 0 Å². The third kappa shape index (κ3) is 2.22. The van der Waals surface area contributed by atoms with Gasteiger partial charge in [-0.2, -0.15) is 0 Å². The minimum absolute atomic E-state index is 0.141. The Bertz CT molecular complexity index is 615. The number of furan rings is 1. The molecule has 2 atom stereocenters. The van der Waals surface area contributed by atoms with Crippen LogP contribution >= 0.6 is 0 Å². The second-order valence-electron chi connectivity index (χ2n) is 6.01. The second kappa shape index (κ2) is 4.67. The van der Waals surface area contributed by atoms with Crippen molar-refractivity contribution in [3.8, 4) is 5.75 Å². The van der Waals surface area contributed by atoms with E-state index in [1.807, 2.05) is 31.2 Å². The molecule has 0 saturated heterocycles. The summed E-state index contributed by atoms with van der Waals surface area (Å²) in [6.07, 6.45) is 0. The molecule has 2 unspecified atom stereocenters. The van der Waals surface area contributed by atoms with Crippen LogP contribution in [-0.4, -0.2) is 5.60 Å². The van der Waals surface area contributed by atoms with Gasteiger partial charge in [-0.15, -0.1) is 0 Å². The van der Waals surface area contributed by atoms with Crippen molar-refractivity contribution in [3.05, 3.63) is 53.5 Å². The Balaban J connectivity index is 1.86. The summed E-state index contributed by atoms with van der Waals surface area (Å²) in [4.78, 5) is 0. The van der Waals surface area contributed by atoms with E-state index < -0.39 is 0 Å². The predicted molar refractivity (Wildman–Crippen MR) is 78.9 cm³/mol. The number of aryl methyl sites for hydroxylation is 1. The van der Waals surface area contributed by atoms with Crippen LogP contribution in [0.4, 0.5) is 0 Å². The minimum Gasteiger partial charge on any atom is -0.486 e. The topological polar surface area (TPSA) is 34.4 Å². The van der Waals surface area contributed by atoms with Gasteiger partial charge in [0, 0.05) is 5.56 Å². The Morgan fingerprint density at radius 3 is 2.60 bits per heavy atom. The first kappa shape index (κ1) is 13.3. The monoisotopic (exact) mass is 271 g/mol. The number of para-hydroxylation sites is 1. The van der Waals surface area contributed by atoms with Crippen molar-refractivity contribution >= 4 is 0 Å². The van der Waals surface area contributed by atoms with Crippen LogP contribution in [0.25, 0.3) is 0 Å². The zero-order valence-electron chi connectivity index (χ0n) is 12.4. The van der Waals surface area contributed by atoms with Gasteiger partial charge in [0.1, 0.15) is 22.9 Å². The standard InChI is InChI=1S/C17H21NO2/c1-11-9-10-14(19-11)12(2)18-16-13-7-5-6-8-15(13)20-17(16,3)4/h5-10,12,16,18H,1-4H3. The van der Waals surface area contributed by atoms with Crippen molar-refractivity contribution in [2.45, 2.75) is 45.4 Å². The zero-order chi connectivity index (χ0) is 14.3. The van der Waals surface area contributed by atoms with E-state index in [2.05, 4.69) is 38.2 Å². The van der Waals surface area contributed by atoms with E-state index in [4.69, 9.17) is 9.15 Å². The van der Waals surface area contributed by atoms with Crippen LogP contribution in [0.3, 0.4) is 0 Å². The van der Waals surface area contributed by atoms with Crippen molar-refractivity contribution < 1.29 is 9.15 Å². The minimum atomic E-state index is -0.264. The SMILES string of the molecule is Cc1ccc(C(C)NC2c3ccccc3OC2(C)C)o1. The summed E-state index contributed by atoms with van der Waals surface area (Å²) in [5.74, 6) is 2.87. The third-order valence-electron chi connectivity index (χ3n) is 3.90. The number of benzene rings is 1. The van der Waals surface area contributed by atoms with Crippen LogP contribution in [0, 0.1) is 6.92 Å². The Morgan fingerprint density at radius 2 is 1.90 bits per heavy atom. The quantitative estimate of drug-likeness (QED) is 0.910. The summed E-state index contributed by atoms with van der Waals surface area (Å²) in [6, 6.07) is 12.5. The highest BCUT2D eigenvalue weighted by Crippen LogP contribution is 2.43. The molecule has 0 aliphatic carbocycles. The molecule has 1 aliphatic rings. The van der Waals surface area contributed by atoms with Crippen molar-refractivity contribution in [1.29, 1.82) is 0 Å². The lowest BCUT2D eigenvalue weighted by Crippen LogP contribution is -2.40. The number of nitrogens with one attached hydrogen (secondary N) is 1. The van der Waals surface area contributed by atoms with Crippen LogP contribution in [0.15, 0.2) is 40.8 Å². The largest absolute Gasteiger partial charge is 0.486 e. The summed E-state index contributed by atoms with van der Waals surface area (Å²) in [7, 11) is 0. The van der Waals surface area contributed by atoms with E-state index in [-0.39, 0.29) is 17.7 Å². The first-order chi connectivity index (χ1) is 9.47. The molecule has 1 aromatic heterocycles. The summed E-state index contributed by atoms with van der Waals surface area (Å²) < 4.78 is 11.8. The van der Waals surface area contributed by atoms with Crippen LogP contribution in [0.2, 0.25) is 0 Å². The van der Waals surface area contributed by atoms with Gasteiger partial charge in [-0.05, 0) is 45.9 Å². The summed E-state index contributed by atoms with van der Waals surface area (Å²) in [5.41, 5.74) is 0.951. The van der Waals surface area contributed by atoms with Crippen LogP contribution in [0.1, 0.15) is 49.9 Å². The van der Waals surface area contributed by atoms with Gasteiger partial charge >= 0.3 is 0 Å². The van der Waals surface area contributed by atoms with Crippen molar-refractivity contribution in [1.82, 2.24) is 5.32 Å². The normalized spacial score (nSPS) is 21.3. The number of fused-ring (bicyclic) bond motifs is 1. The summed E-state index contributed by atoms with van der Waals surface area (Å²) in [6.45, 7) is 8.32. The molecular formula is C17H21NO2. The van der Waals surface area contributed by atoms with Gasteiger partial charge in [0.2, 0.25) is 0 Å². The lowest BCUT2D eigenvalue weighted by Gasteiger charge is -2.29. The molecule has 106 valence electrons. The smallest absolute Gasteiger partial charge is 0.125 e. The maximum Gasteiger partial charge on any atom is 0.125 e. The molecule has 0 bridgehead atoms. The summed E-state index contributed by atoms with van der Waals surface area (Å²) >= 11 is 0. The maximum atomic E-state index is 6.06. The van der Waals surface area contributed by atoms with E-state index >= 15 is 0 Å². The highest BCUT2D eigenvalue weighted by molar-refractivity contribution is 5.42. The number of rotatable bonds is 3. The number of hydrogen-bond acceptors (Lipinski definition) is 3. The molecule has 0 amide bonds. The van der Waals surface area contributed by atoms with Gasteiger partial charge < -0.3 is 9.15 Å². The fourth-order valence-corrected chi connectivity index (χ4v) is 2.84. The van der Waals surface area contributed by atoms with Crippen LogP contribution in [0.5, 0.6) is 5.75 Å². The van der Waals surface area contributed by atoms with Gasteiger partial charge in [-0.3, -0.25) is 5.32 Å². The molecule has 0 spiro atoms. The van der Waals surface area contributed by atoms with Crippen LogP contribution < -0.4 is 10.1 Å². The Hall–Kier alpha value is -1.74. The number of hydrogen-bond donors (Lipinski definition) is 1. The van der Waals surface area contributed by atoms with E-state index in [9.17, 15) is 0 Å². The predicted octanol–water partition coefficient (Wildman–Crippen LogP) is 4.15. The molecule has 0 fully saturated rings.